The smallest absolute Gasteiger partial charge is 0.112 e. The fourth-order valence-electron chi connectivity index (χ4n) is 3.18. The first-order valence-electron chi connectivity index (χ1n) is 7.99. The highest BCUT2D eigenvalue weighted by atomic mass is 35.5. The Labute approximate surface area is 144 Å². The minimum absolute atomic E-state index is 0.703. The van der Waals surface area contributed by atoms with Crippen LogP contribution in [0.2, 0.25) is 0 Å². The molecular formula is C21H21ClP+. The second kappa shape index (κ2) is 7.77. The summed E-state index contributed by atoms with van der Waals surface area (Å²) in [6.07, 6.45) is 2.13. The molecule has 0 nitrogen and oxygen atoms in total. The number of halogens is 1. The fourth-order valence-corrected chi connectivity index (χ4v) is 7.84. The van der Waals surface area contributed by atoms with E-state index in [4.69, 9.17) is 11.6 Å². The zero-order chi connectivity index (χ0) is 16.0. The molecule has 0 radical (unpaired) electrons. The van der Waals surface area contributed by atoms with Crippen molar-refractivity contribution < 1.29 is 0 Å². The van der Waals surface area contributed by atoms with Crippen LogP contribution in [-0.4, -0.2) is 12.0 Å². The topological polar surface area (TPSA) is 0 Å². The summed E-state index contributed by atoms with van der Waals surface area (Å²) < 4.78 is 0. The molecule has 0 N–H and O–H groups in total. The molecule has 116 valence electrons. The number of rotatable bonds is 6. The Hall–Kier alpha value is -1.62. The Bertz CT molecular complexity index is 614. The minimum atomic E-state index is -1.65. The van der Waals surface area contributed by atoms with Gasteiger partial charge < -0.3 is 0 Å². The van der Waals surface area contributed by atoms with Gasteiger partial charge in [-0.1, -0.05) is 54.6 Å². The normalized spacial score (nSPS) is 11.3. The highest BCUT2D eigenvalue weighted by Crippen LogP contribution is 2.55. The third-order valence-corrected chi connectivity index (χ3v) is 9.01. The lowest BCUT2D eigenvalue weighted by atomic mass is 10.4. The maximum atomic E-state index is 6.09. The van der Waals surface area contributed by atoms with Gasteiger partial charge in [-0.15, -0.1) is 11.6 Å². The van der Waals surface area contributed by atoms with E-state index < -0.39 is 7.26 Å². The second-order valence-electron chi connectivity index (χ2n) is 5.58. The third kappa shape index (κ3) is 3.34. The van der Waals surface area contributed by atoms with E-state index in [0.717, 1.165) is 12.6 Å². The Balaban J connectivity index is 2.25. The molecule has 2 heteroatoms. The lowest BCUT2D eigenvalue weighted by Crippen LogP contribution is -2.33. The average molecular weight is 340 g/mol. The van der Waals surface area contributed by atoms with Gasteiger partial charge in [0.15, 0.2) is 0 Å². The summed E-state index contributed by atoms with van der Waals surface area (Å²) in [5.74, 6) is 0.703. The first kappa shape index (κ1) is 16.2. The molecule has 3 aromatic rings. The van der Waals surface area contributed by atoms with E-state index in [0.29, 0.717) is 5.88 Å². The largest absolute Gasteiger partial charge is 0.127 e. The van der Waals surface area contributed by atoms with Crippen molar-refractivity contribution in [1.29, 1.82) is 0 Å². The Kier molecular flexibility index (Phi) is 5.49. The molecule has 3 rings (SSSR count). The van der Waals surface area contributed by atoms with Gasteiger partial charge in [-0.3, -0.25) is 0 Å². The van der Waals surface area contributed by atoms with Crippen molar-refractivity contribution >= 4 is 34.8 Å². The van der Waals surface area contributed by atoms with Crippen LogP contribution in [0.25, 0.3) is 0 Å². The summed E-state index contributed by atoms with van der Waals surface area (Å²) in [6, 6.07) is 32.9. The van der Waals surface area contributed by atoms with Gasteiger partial charge in [0.25, 0.3) is 0 Å². The SMILES string of the molecule is ClCCC[P+](c1ccccc1)(c1ccccc1)c1ccccc1. The predicted octanol–water partition coefficient (Wildman–Crippen LogP) is 4.61. The summed E-state index contributed by atoms with van der Waals surface area (Å²) >= 11 is 6.09. The lowest BCUT2D eigenvalue weighted by molar-refractivity contribution is 1.11. The maximum absolute atomic E-state index is 6.09. The summed E-state index contributed by atoms with van der Waals surface area (Å²) in [5, 5.41) is 4.30. The van der Waals surface area contributed by atoms with Crippen LogP contribution < -0.4 is 15.9 Å². The Morgan fingerprint density at radius 2 is 0.913 bits per heavy atom. The molecule has 23 heavy (non-hydrogen) atoms. The van der Waals surface area contributed by atoms with Crippen molar-refractivity contribution in [2.24, 2.45) is 0 Å². The van der Waals surface area contributed by atoms with E-state index in [1.807, 2.05) is 0 Å². The van der Waals surface area contributed by atoms with Crippen LogP contribution in [-0.2, 0) is 0 Å². The molecule has 0 amide bonds. The molecule has 0 unspecified atom stereocenters. The van der Waals surface area contributed by atoms with Gasteiger partial charge in [0.05, 0.1) is 6.16 Å². The highest BCUT2D eigenvalue weighted by Gasteiger charge is 2.44. The highest BCUT2D eigenvalue weighted by molar-refractivity contribution is 7.95. The molecule has 0 aromatic heterocycles. The van der Waals surface area contributed by atoms with Crippen molar-refractivity contribution in [3.05, 3.63) is 91.0 Å². The molecule has 0 spiro atoms. The van der Waals surface area contributed by atoms with Crippen LogP contribution in [0.3, 0.4) is 0 Å². The molecule has 0 aliphatic carbocycles. The van der Waals surface area contributed by atoms with Crippen LogP contribution in [0.4, 0.5) is 0 Å². The summed E-state index contributed by atoms with van der Waals surface area (Å²) in [4.78, 5) is 0. The van der Waals surface area contributed by atoms with E-state index in [1.165, 1.54) is 15.9 Å². The molecule has 0 fully saturated rings. The standard InChI is InChI=1S/C21H21ClP/c22-17-10-18-23(19-11-4-1-5-12-19,20-13-6-2-7-14-20)21-15-8-3-9-16-21/h1-9,11-16H,10,17-18H2/q+1. The molecule has 0 bridgehead atoms. The van der Waals surface area contributed by atoms with Gasteiger partial charge in [0.2, 0.25) is 0 Å². The van der Waals surface area contributed by atoms with Crippen LogP contribution in [0.15, 0.2) is 91.0 Å². The zero-order valence-corrected chi connectivity index (χ0v) is 14.8. The quantitative estimate of drug-likeness (QED) is 0.454. The number of hydrogen-bond donors (Lipinski definition) is 0. The molecule has 0 atom stereocenters. The molecular weight excluding hydrogens is 319 g/mol. The minimum Gasteiger partial charge on any atom is -0.127 e. The maximum Gasteiger partial charge on any atom is 0.112 e. The molecule has 0 heterocycles. The Morgan fingerprint density at radius 3 is 1.22 bits per heavy atom. The molecule has 0 saturated heterocycles. The van der Waals surface area contributed by atoms with Crippen LogP contribution in [0.1, 0.15) is 6.42 Å². The van der Waals surface area contributed by atoms with E-state index in [2.05, 4.69) is 91.0 Å². The first-order chi connectivity index (χ1) is 11.4. The van der Waals surface area contributed by atoms with Gasteiger partial charge in [-0.25, -0.2) is 0 Å². The summed E-state index contributed by atoms with van der Waals surface area (Å²) in [6.45, 7) is 0. The van der Waals surface area contributed by atoms with Crippen molar-refractivity contribution in [3.8, 4) is 0 Å². The molecule has 0 aliphatic rings. The molecule has 0 aliphatic heterocycles. The van der Waals surface area contributed by atoms with Crippen molar-refractivity contribution in [2.75, 3.05) is 12.0 Å². The van der Waals surface area contributed by atoms with Gasteiger partial charge in [-0.05, 0) is 42.8 Å². The summed E-state index contributed by atoms with van der Waals surface area (Å²) in [7, 11) is -1.65. The molecule has 0 saturated carbocycles. The van der Waals surface area contributed by atoms with Crippen molar-refractivity contribution in [3.63, 3.8) is 0 Å². The lowest BCUT2D eigenvalue weighted by Gasteiger charge is -2.27. The zero-order valence-electron chi connectivity index (χ0n) is 13.1. The number of benzene rings is 3. The number of hydrogen-bond acceptors (Lipinski definition) is 0. The van der Waals surface area contributed by atoms with E-state index >= 15 is 0 Å². The third-order valence-electron chi connectivity index (χ3n) is 4.22. The Morgan fingerprint density at radius 1 is 0.565 bits per heavy atom. The summed E-state index contributed by atoms with van der Waals surface area (Å²) in [5.41, 5.74) is 0. The molecule has 3 aromatic carbocycles. The van der Waals surface area contributed by atoms with Crippen molar-refractivity contribution in [1.82, 2.24) is 0 Å². The van der Waals surface area contributed by atoms with Crippen LogP contribution in [0.5, 0.6) is 0 Å². The van der Waals surface area contributed by atoms with Gasteiger partial charge in [0.1, 0.15) is 23.2 Å². The second-order valence-corrected chi connectivity index (χ2v) is 9.58. The predicted molar refractivity (Wildman–Crippen MR) is 105 cm³/mol. The van der Waals surface area contributed by atoms with Gasteiger partial charge in [0, 0.05) is 5.88 Å². The fraction of sp³-hybridized carbons (Fsp3) is 0.143. The van der Waals surface area contributed by atoms with Crippen molar-refractivity contribution in [2.45, 2.75) is 6.42 Å². The van der Waals surface area contributed by atoms with Gasteiger partial charge in [-0.2, -0.15) is 0 Å². The first-order valence-corrected chi connectivity index (χ1v) is 10.5. The number of alkyl halides is 1. The monoisotopic (exact) mass is 339 g/mol. The average Bonchev–Trinajstić information content (AvgIpc) is 2.65. The van der Waals surface area contributed by atoms with E-state index in [-0.39, 0.29) is 0 Å². The van der Waals surface area contributed by atoms with Gasteiger partial charge >= 0.3 is 0 Å². The van der Waals surface area contributed by atoms with E-state index in [9.17, 15) is 0 Å². The van der Waals surface area contributed by atoms with Crippen LogP contribution >= 0.6 is 18.9 Å². The van der Waals surface area contributed by atoms with Crippen LogP contribution in [0, 0.1) is 0 Å². The van der Waals surface area contributed by atoms with E-state index in [1.54, 1.807) is 0 Å².